The Labute approximate surface area is 658 Å². The van der Waals surface area contributed by atoms with Crippen LogP contribution in [0.25, 0.3) is 21.6 Å². The average Bonchev–Trinajstić information content (AvgIpc) is 0.891. The number of esters is 2. The van der Waals surface area contributed by atoms with Crippen LogP contribution in [0.4, 0.5) is 22.2 Å². The summed E-state index contributed by atoms with van der Waals surface area (Å²) in [6.07, 6.45) is 35.8. The fraction of sp³-hybridized carbons (Fsp3) is 0.619. The van der Waals surface area contributed by atoms with E-state index in [1.165, 1.54) is 153 Å². The molecule has 3 amide bonds. The predicted octanol–water partition coefficient (Wildman–Crippen LogP) is 18.2. The van der Waals surface area contributed by atoms with Gasteiger partial charge in [0.1, 0.15) is 25.6 Å². The minimum atomic E-state index is -4.69. The lowest BCUT2D eigenvalue weighted by atomic mass is 9.95. The summed E-state index contributed by atoms with van der Waals surface area (Å²) in [4.78, 5) is 84.4. The molecule has 1 aliphatic rings. The summed E-state index contributed by atoms with van der Waals surface area (Å²) in [5.41, 5.74) is 13.4. The Morgan fingerprint density at radius 1 is 0.591 bits per heavy atom. The number of hydrazine groups is 1. The van der Waals surface area contributed by atoms with E-state index in [0.29, 0.717) is 46.4 Å². The third-order valence-corrected chi connectivity index (χ3v) is 21.2. The SMILES string of the molecule is CCCCCCCCCCCCCCCCCC(=O)OCC(COP(=O)(O)OCCNC(=O)COCCOCCNC(=O)CCCC(=O)N1Cc2ccccc2/C(N)=C(/N(N)CCOc2ccc3nc(/N=N/c4ccc(N(C)C)cc4)sc3c2)c2ccccc21)OC(=O)CCCCCCCCCCCCCCCCC. The van der Waals surface area contributed by atoms with E-state index in [0.717, 1.165) is 71.2 Å². The molecule has 4 aromatic carbocycles. The third-order valence-electron chi connectivity index (χ3n) is 19.3. The summed E-state index contributed by atoms with van der Waals surface area (Å²) >= 11 is 1.41. The Morgan fingerprint density at radius 3 is 1.76 bits per heavy atom. The molecule has 5 aromatic rings. The number of phosphoric acid groups is 1. The normalized spacial score (nSPS) is 13.6. The van der Waals surface area contributed by atoms with E-state index in [-0.39, 0.29) is 116 Å². The number of hydrogen-bond donors (Lipinski definition) is 5. The van der Waals surface area contributed by atoms with Crippen molar-refractivity contribution in [1.82, 2.24) is 20.6 Å². The molecule has 610 valence electrons. The lowest BCUT2D eigenvalue weighted by Crippen LogP contribution is -2.38. The number of ether oxygens (including phenoxy) is 5. The van der Waals surface area contributed by atoms with Gasteiger partial charge in [0.2, 0.25) is 22.9 Å². The summed E-state index contributed by atoms with van der Waals surface area (Å²) in [6.45, 7) is 4.03. The fourth-order valence-corrected chi connectivity index (χ4v) is 14.6. The van der Waals surface area contributed by atoms with Gasteiger partial charge in [-0.05, 0) is 73.4 Å². The van der Waals surface area contributed by atoms with Crippen LogP contribution in [0, 0.1) is 0 Å². The highest BCUT2D eigenvalue weighted by atomic mass is 32.1. The lowest BCUT2D eigenvalue weighted by Gasteiger charge is -2.33. The van der Waals surface area contributed by atoms with Gasteiger partial charge in [-0.2, -0.15) is 0 Å². The number of nitrogens with zero attached hydrogens (tertiary/aromatic N) is 6. The summed E-state index contributed by atoms with van der Waals surface area (Å²) in [6, 6.07) is 28.5. The zero-order valence-corrected chi connectivity index (χ0v) is 68.1. The Bertz CT molecular complexity index is 3560. The molecule has 24 nitrogen and oxygen atoms in total. The van der Waals surface area contributed by atoms with Crippen molar-refractivity contribution in [2.75, 3.05) is 96.4 Å². The number of carbonyl (C=O) groups excluding carboxylic acids is 5. The van der Waals surface area contributed by atoms with Crippen molar-refractivity contribution in [2.24, 2.45) is 21.8 Å². The third kappa shape index (κ3) is 37.8. The van der Waals surface area contributed by atoms with Gasteiger partial charge in [-0.15, -0.1) is 10.2 Å². The van der Waals surface area contributed by atoms with Crippen LogP contribution in [0.15, 0.2) is 101 Å². The van der Waals surface area contributed by atoms with E-state index in [1.807, 2.05) is 110 Å². The molecule has 0 saturated carbocycles. The minimum Gasteiger partial charge on any atom is -0.492 e. The van der Waals surface area contributed by atoms with Crippen molar-refractivity contribution in [3.05, 3.63) is 108 Å². The number of anilines is 2. The summed E-state index contributed by atoms with van der Waals surface area (Å²) in [5, 5.41) is 16.2. The van der Waals surface area contributed by atoms with Crippen molar-refractivity contribution in [1.29, 1.82) is 0 Å². The van der Waals surface area contributed by atoms with Gasteiger partial charge < -0.3 is 59.8 Å². The Balaban J connectivity index is 0.831. The van der Waals surface area contributed by atoms with Gasteiger partial charge in [-0.3, -0.25) is 33.0 Å². The molecule has 0 saturated heterocycles. The van der Waals surface area contributed by atoms with Crippen LogP contribution < -0.4 is 36.7 Å². The second-order valence-corrected chi connectivity index (χ2v) is 31.2. The number of para-hydroxylation sites is 1. The Hall–Kier alpha value is -7.35. The molecule has 1 aromatic heterocycles. The van der Waals surface area contributed by atoms with Crippen molar-refractivity contribution < 1.29 is 66.2 Å². The average molecular weight is 1570 g/mol. The molecule has 0 bridgehead atoms. The Kier molecular flexibility index (Phi) is 45.9. The van der Waals surface area contributed by atoms with E-state index in [4.69, 9.17) is 44.3 Å². The highest BCUT2D eigenvalue weighted by Gasteiger charge is 2.30. The summed E-state index contributed by atoms with van der Waals surface area (Å²) in [5.74, 6) is 5.64. The number of benzene rings is 4. The summed E-state index contributed by atoms with van der Waals surface area (Å²) < 4.78 is 52.5. The second kappa shape index (κ2) is 55.1. The van der Waals surface area contributed by atoms with Crippen LogP contribution in [0.5, 0.6) is 5.75 Å². The van der Waals surface area contributed by atoms with Crippen molar-refractivity contribution in [3.8, 4) is 5.75 Å². The van der Waals surface area contributed by atoms with Crippen LogP contribution in [-0.2, 0) is 63.1 Å². The predicted molar refractivity (Wildman–Crippen MR) is 439 cm³/mol. The Morgan fingerprint density at radius 2 is 1.15 bits per heavy atom. The van der Waals surface area contributed by atoms with Gasteiger partial charge in [0.15, 0.2) is 6.10 Å². The zero-order valence-electron chi connectivity index (χ0n) is 66.4. The number of carbonyl (C=O) groups is 5. The van der Waals surface area contributed by atoms with Crippen LogP contribution >= 0.6 is 19.2 Å². The van der Waals surface area contributed by atoms with E-state index < -0.39 is 38.4 Å². The molecule has 110 heavy (non-hydrogen) atoms. The van der Waals surface area contributed by atoms with Gasteiger partial charge >= 0.3 is 19.8 Å². The van der Waals surface area contributed by atoms with E-state index >= 15 is 0 Å². The number of nitrogens with two attached hydrogens (primary N) is 2. The highest BCUT2D eigenvalue weighted by Crippen LogP contribution is 2.43. The maximum atomic E-state index is 14.3. The topological polar surface area (TPSA) is 311 Å². The monoisotopic (exact) mass is 1560 g/mol. The standard InChI is InChI=1S/C84H129N10O14PS/c1-5-7-9-11-13-15-17-19-21-23-25-27-29-31-33-46-80(98)105-64-71(108-81(99)47-34-32-30-28-26-24-22-20-18-16-14-12-10-8-6-2)65-107-109(100,101)106-58-55-88-78(96)66-103-61-60-102-57-54-87-77(95)44-39-45-79(97)93-63-67-40-35-36-41-72(67)82(85)83(73-42-37-38-43-75(73)93)94(86)56-59-104-70-52-53-74-76(62-70)110-84(89-74)91-90-68-48-50-69(51-49-68)92(3)4/h35-38,40-43,48-53,62,71H,5-34,39,44-47,54-61,63-66,85-86H2,1-4H3,(H,87,95)(H,88,96)(H,100,101)/b83-82-,91-90+. The van der Waals surface area contributed by atoms with Crippen LogP contribution in [0.2, 0.25) is 0 Å². The molecule has 2 heterocycles. The zero-order chi connectivity index (χ0) is 78.7. The minimum absolute atomic E-state index is 0.0718. The molecule has 7 N–H and O–H groups in total. The molecule has 2 unspecified atom stereocenters. The largest absolute Gasteiger partial charge is 0.492 e. The maximum Gasteiger partial charge on any atom is 0.472 e. The van der Waals surface area contributed by atoms with E-state index in [9.17, 15) is 33.4 Å². The van der Waals surface area contributed by atoms with Gasteiger partial charge in [0, 0.05) is 69.7 Å². The first-order valence-corrected chi connectivity index (χ1v) is 43.2. The molecule has 0 fully saturated rings. The van der Waals surface area contributed by atoms with Crippen molar-refractivity contribution in [3.63, 3.8) is 0 Å². The van der Waals surface area contributed by atoms with Crippen LogP contribution in [0.1, 0.15) is 255 Å². The highest BCUT2D eigenvalue weighted by molar-refractivity contribution is 7.47. The first-order valence-electron chi connectivity index (χ1n) is 40.9. The number of fused-ring (bicyclic) bond motifs is 3. The molecular weight excluding hydrogens is 1440 g/mol. The number of azo groups is 1. The number of nitrogens with one attached hydrogen (secondary N) is 2. The first kappa shape index (κ1) is 91.5. The maximum absolute atomic E-state index is 14.3. The second-order valence-electron chi connectivity index (χ2n) is 28.7. The number of phosphoric ester groups is 1. The first-order chi connectivity index (χ1) is 53.5. The van der Waals surface area contributed by atoms with Crippen LogP contribution in [-0.4, -0.2) is 137 Å². The van der Waals surface area contributed by atoms with Gasteiger partial charge in [0.05, 0.1) is 79.1 Å². The van der Waals surface area contributed by atoms with Crippen molar-refractivity contribution in [2.45, 2.75) is 251 Å². The van der Waals surface area contributed by atoms with E-state index in [2.05, 4.69) is 39.7 Å². The van der Waals surface area contributed by atoms with E-state index in [1.54, 1.807) is 9.91 Å². The van der Waals surface area contributed by atoms with Crippen LogP contribution in [0.3, 0.4) is 0 Å². The number of hydrogen-bond acceptors (Lipinski definition) is 21. The van der Waals surface area contributed by atoms with Gasteiger partial charge in [-0.25, -0.2) is 15.4 Å². The molecular formula is C84H129N10O14PS. The smallest absolute Gasteiger partial charge is 0.472 e. The van der Waals surface area contributed by atoms with Crippen molar-refractivity contribution >= 4 is 92.6 Å². The number of rotatable bonds is 62. The van der Waals surface area contributed by atoms with Gasteiger partial charge in [-0.1, -0.05) is 247 Å². The lowest BCUT2D eigenvalue weighted by molar-refractivity contribution is -0.161. The molecule has 0 aliphatic carbocycles. The molecule has 0 spiro atoms. The molecule has 1 aliphatic heterocycles. The number of amides is 3. The molecule has 6 rings (SSSR count). The number of unbranched alkanes of at least 4 members (excludes halogenated alkanes) is 28. The molecule has 26 heteroatoms. The van der Waals surface area contributed by atoms with Gasteiger partial charge in [0.25, 0.3) is 0 Å². The molecule has 0 radical (unpaired) electrons. The summed E-state index contributed by atoms with van der Waals surface area (Å²) in [7, 11) is -0.728. The number of thiazole rings is 1. The molecule has 2 atom stereocenters. The fourth-order valence-electron chi connectivity index (χ4n) is 13.0. The quantitative estimate of drug-likeness (QED) is 0.00603. The number of aromatic nitrogens is 1.